The molecule has 1 rings (SSSR count). The number of rotatable bonds is 4. The molecule has 0 aliphatic rings. The molecule has 0 saturated heterocycles. The first-order chi connectivity index (χ1) is 12.0. The topological polar surface area (TPSA) is 65.7 Å². The van der Waals surface area contributed by atoms with Gasteiger partial charge in [-0.3, -0.25) is 9.78 Å². The zero-order chi connectivity index (χ0) is 22.7. The molecule has 1 aromatic heterocycles. The summed E-state index contributed by atoms with van der Waals surface area (Å²) in [5.74, 6) is -31.1. The van der Waals surface area contributed by atoms with Crippen LogP contribution in [0.1, 0.15) is 11.3 Å². The molecule has 0 bridgehead atoms. The van der Waals surface area contributed by atoms with Crippen LogP contribution in [0.3, 0.4) is 0 Å². The van der Waals surface area contributed by atoms with Crippen LogP contribution in [0.4, 0.5) is 61.5 Å². The summed E-state index contributed by atoms with van der Waals surface area (Å²) in [6, 6.07) is 0. The molecule has 0 amide bonds. The maximum Gasteiger partial charge on any atom is 0.460 e. The van der Waals surface area contributed by atoms with Crippen molar-refractivity contribution in [2.24, 2.45) is 0 Å². The van der Waals surface area contributed by atoms with E-state index in [1.807, 2.05) is 0 Å². The first-order valence-corrected chi connectivity index (χ1v) is 6.05. The molecule has 162 valence electrons. The summed E-state index contributed by atoms with van der Waals surface area (Å²) in [6.45, 7) is 0. The summed E-state index contributed by atoms with van der Waals surface area (Å²) < 4.78 is 180. The molecule has 0 aliphatic heterocycles. The lowest BCUT2D eigenvalue weighted by atomic mass is 9.92. The van der Waals surface area contributed by atoms with Gasteiger partial charge in [-0.05, 0) is 0 Å². The Kier molecular flexibility index (Phi) is 5.17. The van der Waals surface area contributed by atoms with E-state index in [1.54, 1.807) is 0 Å². The van der Waals surface area contributed by atoms with Crippen LogP contribution < -0.4 is 11.2 Å². The lowest BCUT2D eigenvalue weighted by Gasteiger charge is -2.37. The average Bonchev–Trinajstić information content (AvgIpc) is 2.43. The van der Waals surface area contributed by atoms with Gasteiger partial charge in [0.2, 0.25) is 0 Å². The predicted molar refractivity (Wildman–Crippen MR) is 57.5 cm³/mol. The van der Waals surface area contributed by atoms with Crippen LogP contribution in [0.15, 0.2) is 9.59 Å². The van der Waals surface area contributed by atoms with Gasteiger partial charge in [-0.15, -0.1) is 0 Å². The largest absolute Gasteiger partial charge is 0.460 e. The number of alkyl halides is 14. The number of aromatic nitrogens is 2. The smallest absolute Gasteiger partial charge is 0.303 e. The van der Waals surface area contributed by atoms with Gasteiger partial charge in [-0.25, -0.2) is 4.79 Å². The molecule has 0 aliphatic carbocycles. The van der Waals surface area contributed by atoms with Crippen molar-refractivity contribution in [1.29, 1.82) is 0 Å². The Hall–Kier alpha value is -2.30. The van der Waals surface area contributed by atoms with E-state index in [-0.39, 0.29) is 0 Å². The van der Waals surface area contributed by atoms with Crippen LogP contribution in [-0.4, -0.2) is 33.9 Å². The van der Waals surface area contributed by atoms with E-state index in [0.29, 0.717) is 9.97 Å². The second-order valence-electron chi connectivity index (χ2n) is 4.95. The van der Waals surface area contributed by atoms with E-state index in [1.165, 1.54) is 0 Å². The standard InChI is InChI=1S/C10H2F14N2O2/c11-5(12,1-2(6(13,14)15)25-4(28)26-3(1)27)7(16,17)8(18,19)9(20,21)10(22,23)24/h(H2,25,26,27,28). The van der Waals surface area contributed by atoms with E-state index >= 15 is 0 Å². The molecule has 0 aromatic carbocycles. The van der Waals surface area contributed by atoms with Crippen LogP contribution in [0.25, 0.3) is 0 Å². The van der Waals surface area contributed by atoms with Gasteiger partial charge < -0.3 is 4.98 Å². The minimum absolute atomic E-state index is 0.351. The Bertz CT molecular complexity index is 859. The number of aromatic amines is 2. The SMILES string of the molecule is O=c1[nH]c(C(F)(F)F)c(C(F)(F)C(F)(F)C(F)(F)C(F)(F)C(F)(F)F)c(=O)[nH]1. The maximum absolute atomic E-state index is 13.8. The van der Waals surface area contributed by atoms with Crippen LogP contribution in [0.5, 0.6) is 0 Å². The normalized spacial score (nSPS) is 15.1. The fourth-order valence-electron chi connectivity index (χ4n) is 1.73. The highest BCUT2D eigenvalue weighted by atomic mass is 19.4. The van der Waals surface area contributed by atoms with Crippen LogP contribution in [0, 0.1) is 0 Å². The van der Waals surface area contributed by atoms with E-state index in [0.717, 1.165) is 0 Å². The molecule has 1 aromatic rings. The molecule has 0 spiro atoms. The second kappa shape index (κ2) is 6.10. The summed E-state index contributed by atoms with van der Waals surface area (Å²) in [5, 5.41) is 0. The molecule has 18 heteroatoms. The third-order valence-corrected chi connectivity index (χ3v) is 3.08. The van der Waals surface area contributed by atoms with Crippen LogP contribution in [0.2, 0.25) is 0 Å². The summed E-state index contributed by atoms with van der Waals surface area (Å²) in [7, 11) is 0. The molecular weight excluding hydrogens is 446 g/mol. The summed E-state index contributed by atoms with van der Waals surface area (Å²) >= 11 is 0. The lowest BCUT2D eigenvalue weighted by Crippen LogP contribution is -2.66. The fourth-order valence-corrected chi connectivity index (χ4v) is 1.73. The predicted octanol–water partition coefficient (Wildman–Crippen LogP) is 3.64. The molecule has 4 nitrogen and oxygen atoms in total. The molecule has 1 heterocycles. The Morgan fingerprint density at radius 1 is 0.571 bits per heavy atom. The highest BCUT2D eigenvalue weighted by Crippen LogP contribution is 2.60. The zero-order valence-corrected chi connectivity index (χ0v) is 12.1. The zero-order valence-electron chi connectivity index (χ0n) is 12.1. The fraction of sp³-hybridized carbons (Fsp3) is 0.600. The van der Waals surface area contributed by atoms with Crippen molar-refractivity contribution in [2.75, 3.05) is 0 Å². The van der Waals surface area contributed by atoms with Gasteiger partial charge in [0, 0.05) is 0 Å². The van der Waals surface area contributed by atoms with E-state index in [9.17, 15) is 71.1 Å². The van der Waals surface area contributed by atoms with Gasteiger partial charge in [0.05, 0.1) is 0 Å². The molecule has 0 atom stereocenters. The number of nitrogens with one attached hydrogen (secondary N) is 2. The highest BCUT2D eigenvalue weighted by Gasteiger charge is 2.88. The first kappa shape index (κ1) is 23.7. The van der Waals surface area contributed by atoms with E-state index < -0.39 is 58.5 Å². The average molecular weight is 448 g/mol. The highest BCUT2D eigenvalue weighted by molar-refractivity contribution is 5.28. The third-order valence-electron chi connectivity index (χ3n) is 3.08. The number of hydrogen-bond acceptors (Lipinski definition) is 2. The van der Waals surface area contributed by atoms with Crippen LogP contribution >= 0.6 is 0 Å². The van der Waals surface area contributed by atoms with Crippen molar-refractivity contribution in [3.63, 3.8) is 0 Å². The third kappa shape index (κ3) is 3.21. The molecule has 0 radical (unpaired) electrons. The Morgan fingerprint density at radius 3 is 1.36 bits per heavy atom. The quantitative estimate of drug-likeness (QED) is 0.692. The van der Waals surface area contributed by atoms with Gasteiger partial charge in [0.15, 0.2) is 0 Å². The minimum Gasteiger partial charge on any atom is -0.303 e. The lowest BCUT2D eigenvalue weighted by molar-refractivity contribution is -0.425. The molecule has 28 heavy (non-hydrogen) atoms. The number of halogens is 14. The van der Waals surface area contributed by atoms with Crippen molar-refractivity contribution >= 4 is 0 Å². The Balaban J connectivity index is 3.91. The molecular formula is C10H2F14N2O2. The van der Waals surface area contributed by atoms with Crippen molar-refractivity contribution in [2.45, 2.75) is 36.0 Å². The van der Waals surface area contributed by atoms with Crippen molar-refractivity contribution in [3.8, 4) is 0 Å². The summed E-state index contributed by atoms with van der Waals surface area (Å²) in [5.41, 5.74) is -12.4. The van der Waals surface area contributed by atoms with Crippen molar-refractivity contribution in [1.82, 2.24) is 9.97 Å². The van der Waals surface area contributed by atoms with E-state index in [2.05, 4.69) is 0 Å². The van der Waals surface area contributed by atoms with Gasteiger partial charge >= 0.3 is 41.7 Å². The Labute approximate surface area is 141 Å². The van der Waals surface area contributed by atoms with Crippen molar-refractivity contribution in [3.05, 3.63) is 32.1 Å². The van der Waals surface area contributed by atoms with Gasteiger partial charge in [0.25, 0.3) is 5.56 Å². The molecule has 0 saturated carbocycles. The number of hydrogen-bond donors (Lipinski definition) is 2. The first-order valence-electron chi connectivity index (χ1n) is 6.05. The van der Waals surface area contributed by atoms with E-state index in [4.69, 9.17) is 0 Å². The number of H-pyrrole nitrogens is 2. The van der Waals surface area contributed by atoms with Crippen LogP contribution in [-0.2, 0) is 12.1 Å². The second-order valence-corrected chi connectivity index (χ2v) is 4.95. The summed E-state index contributed by atoms with van der Waals surface area (Å²) in [6.07, 6.45) is -13.9. The maximum atomic E-state index is 13.8. The molecule has 2 N–H and O–H groups in total. The van der Waals surface area contributed by atoms with Gasteiger partial charge in [0.1, 0.15) is 11.3 Å². The summed E-state index contributed by atoms with van der Waals surface area (Å²) in [4.78, 5) is 22.7. The molecule has 0 fully saturated rings. The van der Waals surface area contributed by atoms with Gasteiger partial charge in [-0.2, -0.15) is 61.5 Å². The molecule has 0 unspecified atom stereocenters. The van der Waals surface area contributed by atoms with Gasteiger partial charge in [-0.1, -0.05) is 0 Å². The minimum atomic E-state index is -8.03. The van der Waals surface area contributed by atoms with Crippen molar-refractivity contribution < 1.29 is 61.5 Å². The Morgan fingerprint density at radius 2 is 1.00 bits per heavy atom. The monoisotopic (exact) mass is 448 g/mol.